The molecule has 14 heteroatoms. The lowest BCUT2D eigenvalue weighted by molar-refractivity contribution is -0.370. The van der Waals surface area contributed by atoms with Gasteiger partial charge in [-0.1, -0.05) is 91.0 Å². The fourth-order valence-corrected chi connectivity index (χ4v) is 6.11. The maximum atomic E-state index is 12.3. The van der Waals surface area contributed by atoms with Gasteiger partial charge in [-0.05, 0) is 16.7 Å². The summed E-state index contributed by atoms with van der Waals surface area (Å²) in [6.07, 6.45) is -13.4. The van der Waals surface area contributed by atoms with Crippen molar-refractivity contribution in [2.75, 3.05) is 13.2 Å². The van der Waals surface area contributed by atoms with Gasteiger partial charge >= 0.3 is 17.9 Å². The van der Waals surface area contributed by atoms with Crippen LogP contribution < -0.4 is 0 Å². The molecule has 2 saturated heterocycles. The van der Waals surface area contributed by atoms with Crippen LogP contribution in [0.15, 0.2) is 91.0 Å². The van der Waals surface area contributed by atoms with E-state index >= 15 is 0 Å². The van der Waals surface area contributed by atoms with E-state index < -0.39 is 85.9 Å². The van der Waals surface area contributed by atoms with Crippen molar-refractivity contribution in [2.45, 2.75) is 102 Å². The number of rotatable bonds is 16. The predicted molar refractivity (Wildman–Crippen MR) is 184 cm³/mol. The maximum absolute atomic E-state index is 12.3. The van der Waals surface area contributed by atoms with E-state index in [4.69, 9.17) is 42.6 Å². The molecule has 0 amide bonds. The van der Waals surface area contributed by atoms with Crippen LogP contribution in [0.2, 0.25) is 0 Å². The van der Waals surface area contributed by atoms with E-state index in [0.29, 0.717) is 0 Å². The van der Waals surface area contributed by atoms with Crippen molar-refractivity contribution in [1.29, 1.82) is 0 Å². The van der Waals surface area contributed by atoms with E-state index in [-0.39, 0.29) is 26.4 Å². The fraction of sp³-hybridized carbons (Fsp3) is 0.462. The van der Waals surface area contributed by atoms with Crippen LogP contribution in [0, 0.1) is 0 Å². The summed E-state index contributed by atoms with van der Waals surface area (Å²) in [6, 6.07) is 28.3. The largest absolute Gasteiger partial charge is 0.463 e. The SMILES string of the molecule is CC(=O)OC[C@H]1O[C@H](O[C@H]2[C@@H](OCc3ccccc3)[C@H](OCc3ccccc3)[C@@H](COCc3ccccc3)O[C@@H]2O)[C@@H](OC(C)=O)[C@@H](O)[C@@H]1OC(C)=O. The molecule has 5 rings (SSSR count). The molecule has 0 saturated carbocycles. The standard InChI is InChI=1S/C39H46O14/c1-24(40)46-23-31-33(49-25(2)41)32(43)35(50-26(3)42)39(52-31)53-37-36(48-21-29-17-11-6-12-18-29)34(47-20-28-15-9-5-10-16-28)30(51-38(37)44)22-45-19-27-13-7-4-8-14-27/h4-18,30-39,43-44H,19-23H2,1-3H3/t30-,31-,32+,33-,34-,35+,36+,37+,38+,39-/m1/s1. The van der Waals surface area contributed by atoms with Crippen LogP contribution in [0.1, 0.15) is 37.5 Å². The van der Waals surface area contributed by atoms with E-state index in [1.807, 2.05) is 91.0 Å². The Kier molecular flexibility index (Phi) is 14.9. The first kappa shape index (κ1) is 39.9. The molecule has 0 aliphatic carbocycles. The Balaban J connectivity index is 1.46. The molecule has 10 atom stereocenters. The third-order valence-corrected chi connectivity index (χ3v) is 8.54. The Morgan fingerprint density at radius 2 is 1.06 bits per heavy atom. The summed E-state index contributed by atoms with van der Waals surface area (Å²) in [7, 11) is 0. The molecule has 14 nitrogen and oxygen atoms in total. The summed E-state index contributed by atoms with van der Waals surface area (Å²) in [5.74, 6) is -2.23. The van der Waals surface area contributed by atoms with Gasteiger partial charge in [-0.3, -0.25) is 14.4 Å². The molecular formula is C39H46O14. The number of aliphatic hydroxyl groups is 2. The summed E-state index contributed by atoms with van der Waals surface area (Å²) in [5, 5.41) is 23.0. The molecule has 2 heterocycles. The van der Waals surface area contributed by atoms with Gasteiger partial charge < -0.3 is 52.8 Å². The highest BCUT2D eigenvalue weighted by atomic mass is 16.8. The summed E-state index contributed by atoms with van der Waals surface area (Å²) < 4.78 is 53.5. The molecule has 2 fully saturated rings. The Labute approximate surface area is 307 Å². The lowest BCUT2D eigenvalue weighted by atomic mass is 9.96. The Hall–Kier alpha value is -4.25. The summed E-state index contributed by atoms with van der Waals surface area (Å²) in [6.45, 7) is 3.46. The molecule has 0 aromatic heterocycles. The summed E-state index contributed by atoms with van der Waals surface area (Å²) in [5.41, 5.74) is 2.61. The quantitative estimate of drug-likeness (QED) is 0.162. The van der Waals surface area contributed by atoms with E-state index in [9.17, 15) is 24.6 Å². The van der Waals surface area contributed by atoms with E-state index in [2.05, 4.69) is 0 Å². The van der Waals surface area contributed by atoms with Crippen molar-refractivity contribution in [2.24, 2.45) is 0 Å². The minimum absolute atomic E-state index is 0.00652. The lowest BCUT2D eigenvalue weighted by Gasteiger charge is -2.48. The highest BCUT2D eigenvalue weighted by molar-refractivity contribution is 5.67. The molecule has 3 aromatic carbocycles. The third-order valence-electron chi connectivity index (χ3n) is 8.54. The average molecular weight is 739 g/mol. The van der Waals surface area contributed by atoms with Gasteiger partial charge in [0.15, 0.2) is 24.8 Å². The Bertz CT molecular complexity index is 1570. The Morgan fingerprint density at radius 3 is 1.58 bits per heavy atom. The molecule has 0 bridgehead atoms. The van der Waals surface area contributed by atoms with Crippen molar-refractivity contribution in [3.8, 4) is 0 Å². The second-order valence-corrected chi connectivity index (χ2v) is 12.7. The van der Waals surface area contributed by atoms with Crippen LogP contribution in [0.4, 0.5) is 0 Å². The minimum atomic E-state index is -1.70. The average Bonchev–Trinajstić information content (AvgIpc) is 3.14. The zero-order valence-electron chi connectivity index (χ0n) is 29.8. The molecule has 53 heavy (non-hydrogen) atoms. The topological polar surface area (TPSA) is 175 Å². The van der Waals surface area contributed by atoms with Crippen molar-refractivity contribution in [3.63, 3.8) is 0 Å². The van der Waals surface area contributed by atoms with Crippen LogP contribution >= 0.6 is 0 Å². The normalized spacial score (nSPS) is 28.5. The molecule has 286 valence electrons. The molecule has 2 N–H and O–H groups in total. The summed E-state index contributed by atoms with van der Waals surface area (Å²) >= 11 is 0. The van der Waals surface area contributed by atoms with Crippen LogP contribution in [0.25, 0.3) is 0 Å². The van der Waals surface area contributed by atoms with Crippen molar-refractivity contribution in [1.82, 2.24) is 0 Å². The van der Waals surface area contributed by atoms with Crippen molar-refractivity contribution >= 4 is 17.9 Å². The Morgan fingerprint density at radius 1 is 0.566 bits per heavy atom. The maximum Gasteiger partial charge on any atom is 0.303 e. The minimum Gasteiger partial charge on any atom is -0.463 e. The van der Waals surface area contributed by atoms with Gasteiger partial charge in [0.1, 0.15) is 43.2 Å². The van der Waals surface area contributed by atoms with Gasteiger partial charge in [-0.15, -0.1) is 0 Å². The number of hydrogen-bond donors (Lipinski definition) is 2. The first-order chi connectivity index (χ1) is 25.6. The molecule has 0 spiro atoms. The first-order valence-corrected chi connectivity index (χ1v) is 17.3. The van der Waals surface area contributed by atoms with Crippen LogP contribution in [0.3, 0.4) is 0 Å². The lowest BCUT2D eigenvalue weighted by Crippen LogP contribution is -2.66. The van der Waals surface area contributed by atoms with Gasteiger partial charge in [0.25, 0.3) is 0 Å². The van der Waals surface area contributed by atoms with E-state index in [1.165, 1.54) is 6.92 Å². The highest BCUT2D eigenvalue weighted by Gasteiger charge is 2.54. The van der Waals surface area contributed by atoms with Gasteiger partial charge in [-0.2, -0.15) is 0 Å². The number of esters is 3. The molecule has 2 aliphatic rings. The monoisotopic (exact) mass is 738 g/mol. The number of benzene rings is 3. The first-order valence-electron chi connectivity index (χ1n) is 17.3. The smallest absolute Gasteiger partial charge is 0.303 e. The van der Waals surface area contributed by atoms with Gasteiger partial charge in [0.2, 0.25) is 0 Å². The number of carbonyl (C=O) groups excluding carboxylic acids is 3. The zero-order chi connectivity index (χ0) is 37.7. The second kappa shape index (κ2) is 19.7. The predicted octanol–water partition coefficient (Wildman–Crippen LogP) is 2.99. The third kappa shape index (κ3) is 11.6. The van der Waals surface area contributed by atoms with E-state index in [0.717, 1.165) is 30.5 Å². The van der Waals surface area contributed by atoms with Gasteiger partial charge in [-0.25, -0.2) is 0 Å². The zero-order valence-corrected chi connectivity index (χ0v) is 29.8. The molecule has 0 radical (unpaired) electrons. The number of carbonyl (C=O) groups is 3. The number of ether oxygens (including phenoxy) is 9. The number of hydrogen-bond acceptors (Lipinski definition) is 14. The van der Waals surface area contributed by atoms with Crippen LogP contribution in [0.5, 0.6) is 0 Å². The fourth-order valence-electron chi connectivity index (χ4n) is 6.11. The van der Waals surface area contributed by atoms with Crippen molar-refractivity contribution in [3.05, 3.63) is 108 Å². The molecular weight excluding hydrogens is 692 g/mol. The van der Waals surface area contributed by atoms with Crippen LogP contribution in [-0.4, -0.2) is 103 Å². The number of aliphatic hydroxyl groups excluding tert-OH is 2. The van der Waals surface area contributed by atoms with Crippen molar-refractivity contribution < 1.29 is 67.2 Å². The van der Waals surface area contributed by atoms with E-state index in [1.54, 1.807) is 0 Å². The highest BCUT2D eigenvalue weighted by Crippen LogP contribution is 2.34. The van der Waals surface area contributed by atoms with Gasteiger partial charge in [0.05, 0.1) is 26.4 Å². The van der Waals surface area contributed by atoms with Gasteiger partial charge in [0, 0.05) is 20.8 Å². The molecule has 2 aliphatic heterocycles. The summed E-state index contributed by atoms with van der Waals surface area (Å²) in [4.78, 5) is 36.0. The molecule has 3 aromatic rings. The van der Waals surface area contributed by atoms with Crippen LogP contribution in [-0.2, 0) is 76.8 Å². The molecule has 0 unspecified atom stereocenters. The second-order valence-electron chi connectivity index (χ2n) is 12.7.